The summed E-state index contributed by atoms with van der Waals surface area (Å²) in [5, 5.41) is 9.71. The Labute approximate surface area is 150 Å². The first kappa shape index (κ1) is 18.7. The van der Waals surface area contributed by atoms with Crippen molar-refractivity contribution in [3.05, 3.63) is 57.5 Å². The van der Waals surface area contributed by atoms with E-state index in [1.807, 2.05) is 6.92 Å². The van der Waals surface area contributed by atoms with Crippen molar-refractivity contribution in [1.29, 1.82) is 0 Å². The number of anilines is 1. The van der Waals surface area contributed by atoms with Gasteiger partial charge in [0.2, 0.25) is 5.91 Å². The highest BCUT2D eigenvalue weighted by Gasteiger charge is 2.11. The van der Waals surface area contributed by atoms with Crippen molar-refractivity contribution >= 4 is 29.1 Å². The lowest BCUT2D eigenvalue weighted by Gasteiger charge is -2.08. The van der Waals surface area contributed by atoms with Crippen molar-refractivity contribution in [2.24, 2.45) is 0 Å². The Morgan fingerprint density at radius 1 is 1.16 bits per heavy atom. The first-order valence-corrected chi connectivity index (χ1v) is 8.29. The number of aryl methyl sites for hydroxylation is 1. The molecule has 0 bridgehead atoms. The molecule has 2 amide bonds. The summed E-state index contributed by atoms with van der Waals surface area (Å²) in [7, 11) is 0. The molecule has 2 N–H and O–H groups in total. The van der Waals surface area contributed by atoms with Gasteiger partial charge in [0.15, 0.2) is 0 Å². The number of aromatic nitrogens is 2. The zero-order chi connectivity index (χ0) is 18.2. The van der Waals surface area contributed by atoms with Gasteiger partial charge >= 0.3 is 0 Å². The van der Waals surface area contributed by atoms with Crippen molar-refractivity contribution in [1.82, 2.24) is 15.1 Å². The largest absolute Gasteiger partial charge is 0.342 e. The van der Waals surface area contributed by atoms with Crippen LogP contribution in [0.4, 0.5) is 5.69 Å². The van der Waals surface area contributed by atoms with Crippen molar-refractivity contribution in [3.8, 4) is 0 Å². The molecule has 0 unspecified atom stereocenters. The highest BCUT2D eigenvalue weighted by Crippen LogP contribution is 2.12. The van der Waals surface area contributed by atoms with E-state index in [2.05, 4.69) is 15.7 Å². The molecule has 2 rings (SSSR count). The lowest BCUT2D eigenvalue weighted by atomic mass is 10.3. The predicted molar refractivity (Wildman–Crippen MR) is 95.8 cm³/mol. The lowest BCUT2D eigenvalue weighted by molar-refractivity contribution is -0.115. The molecule has 0 radical (unpaired) electrons. The summed E-state index contributed by atoms with van der Waals surface area (Å²) in [6.07, 6.45) is 1.71. The van der Waals surface area contributed by atoms with E-state index in [-0.39, 0.29) is 23.7 Å². The number of carbonyl (C=O) groups is 2. The van der Waals surface area contributed by atoms with Crippen LogP contribution in [-0.2, 0) is 11.3 Å². The molecule has 8 heteroatoms. The molecule has 7 nitrogen and oxygen atoms in total. The molecule has 0 aliphatic carbocycles. The van der Waals surface area contributed by atoms with E-state index in [4.69, 9.17) is 11.6 Å². The van der Waals surface area contributed by atoms with Crippen LogP contribution < -0.4 is 16.2 Å². The standard InChI is InChI=1S/C17H19ClN4O3/c1-2-3-10-22-16(24)9-8-14(21-22)17(25)19-11-15(23)20-13-6-4-12(18)5-7-13/h4-9H,2-3,10-11H2,1H3,(H,19,25)(H,20,23). The highest BCUT2D eigenvalue weighted by molar-refractivity contribution is 6.30. The molecule has 0 atom stereocenters. The van der Waals surface area contributed by atoms with Crippen LogP contribution >= 0.6 is 11.6 Å². The van der Waals surface area contributed by atoms with E-state index in [0.717, 1.165) is 12.8 Å². The monoisotopic (exact) mass is 362 g/mol. The van der Waals surface area contributed by atoms with Gasteiger partial charge in [0.05, 0.1) is 6.54 Å². The summed E-state index contributed by atoms with van der Waals surface area (Å²) in [6, 6.07) is 9.27. The number of carbonyl (C=O) groups excluding carboxylic acids is 2. The second kappa shape index (κ2) is 8.98. The van der Waals surface area contributed by atoms with Gasteiger partial charge < -0.3 is 10.6 Å². The number of rotatable bonds is 7. The third-order valence-corrected chi connectivity index (χ3v) is 3.61. The van der Waals surface area contributed by atoms with Gasteiger partial charge in [0, 0.05) is 23.3 Å². The minimum absolute atomic E-state index is 0.0926. The van der Waals surface area contributed by atoms with Crippen LogP contribution in [0, 0.1) is 0 Å². The van der Waals surface area contributed by atoms with Crippen LogP contribution in [0.1, 0.15) is 30.3 Å². The van der Waals surface area contributed by atoms with Crippen LogP contribution in [0.5, 0.6) is 0 Å². The molecular weight excluding hydrogens is 344 g/mol. The molecule has 2 aromatic rings. The van der Waals surface area contributed by atoms with Gasteiger partial charge in [0.25, 0.3) is 11.5 Å². The Kier molecular flexibility index (Phi) is 6.71. The fourth-order valence-electron chi connectivity index (χ4n) is 2.03. The summed E-state index contributed by atoms with van der Waals surface area (Å²) in [6.45, 7) is 2.24. The highest BCUT2D eigenvalue weighted by atomic mass is 35.5. The van der Waals surface area contributed by atoms with E-state index >= 15 is 0 Å². The average Bonchev–Trinajstić information content (AvgIpc) is 2.61. The molecule has 1 aromatic carbocycles. The molecule has 132 valence electrons. The fraction of sp³-hybridized carbons (Fsp3) is 0.294. The second-order valence-corrected chi connectivity index (χ2v) is 5.81. The molecular formula is C17H19ClN4O3. The van der Waals surface area contributed by atoms with Crippen molar-refractivity contribution < 1.29 is 9.59 Å². The normalized spacial score (nSPS) is 10.3. The molecule has 0 saturated carbocycles. The average molecular weight is 363 g/mol. The summed E-state index contributed by atoms with van der Waals surface area (Å²) in [5.41, 5.74) is 0.412. The maximum atomic E-state index is 12.1. The van der Waals surface area contributed by atoms with Gasteiger partial charge in [-0.2, -0.15) is 5.10 Å². The smallest absolute Gasteiger partial charge is 0.272 e. The molecule has 1 aromatic heterocycles. The molecule has 0 spiro atoms. The quantitative estimate of drug-likeness (QED) is 0.788. The van der Waals surface area contributed by atoms with Crippen molar-refractivity contribution in [3.63, 3.8) is 0 Å². The van der Waals surface area contributed by atoms with Gasteiger partial charge in [-0.25, -0.2) is 4.68 Å². The van der Waals surface area contributed by atoms with Crippen molar-refractivity contribution in [2.45, 2.75) is 26.3 Å². The first-order valence-electron chi connectivity index (χ1n) is 7.91. The van der Waals surface area contributed by atoms with Crippen LogP contribution in [-0.4, -0.2) is 28.1 Å². The Morgan fingerprint density at radius 2 is 1.88 bits per heavy atom. The molecule has 0 aliphatic rings. The Balaban J connectivity index is 1.92. The fourth-order valence-corrected chi connectivity index (χ4v) is 2.15. The van der Waals surface area contributed by atoms with E-state index in [0.29, 0.717) is 17.3 Å². The molecule has 1 heterocycles. The number of amides is 2. The molecule has 25 heavy (non-hydrogen) atoms. The summed E-state index contributed by atoms with van der Waals surface area (Å²) in [5.74, 6) is -0.897. The number of unbranched alkanes of at least 4 members (excludes halogenated alkanes) is 1. The zero-order valence-corrected chi connectivity index (χ0v) is 14.5. The van der Waals surface area contributed by atoms with E-state index < -0.39 is 5.91 Å². The van der Waals surface area contributed by atoms with Gasteiger partial charge in [-0.05, 0) is 36.8 Å². The number of nitrogens with zero attached hydrogens (tertiary/aromatic N) is 2. The van der Waals surface area contributed by atoms with Gasteiger partial charge in [-0.3, -0.25) is 14.4 Å². The molecule has 0 aliphatic heterocycles. The molecule has 0 saturated heterocycles. The van der Waals surface area contributed by atoms with Crippen LogP contribution in [0.25, 0.3) is 0 Å². The number of halogens is 1. The maximum Gasteiger partial charge on any atom is 0.272 e. The number of hydrogen-bond acceptors (Lipinski definition) is 4. The minimum Gasteiger partial charge on any atom is -0.342 e. The Morgan fingerprint density at radius 3 is 2.56 bits per heavy atom. The Bertz CT molecular complexity index is 802. The maximum absolute atomic E-state index is 12.1. The summed E-state index contributed by atoms with van der Waals surface area (Å²) in [4.78, 5) is 35.6. The number of nitrogens with one attached hydrogen (secondary N) is 2. The SMILES string of the molecule is CCCCn1nc(C(=O)NCC(=O)Nc2ccc(Cl)cc2)ccc1=O. The van der Waals surface area contributed by atoms with Gasteiger partial charge in [0.1, 0.15) is 5.69 Å². The first-order chi connectivity index (χ1) is 12.0. The second-order valence-electron chi connectivity index (χ2n) is 5.37. The van der Waals surface area contributed by atoms with Gasteiger partial charge in [-0.15, -0.1) is 0 Å². The van der Waals surface area contributed by atoms with Gasteiger partial charge in [-0.1, -0.05) is 24.9 Å². The third-order valence-electron chi connectivity index (χ3n) is 3.36. The topological polar surface area (TPSA) is 93.1 Å². The van der Waals surface area contributed by atoms with Crippen LogP contribution in [0.2, 0.25) is 5.02 Å². The zero-order valence-electron chi connectivity index (χ0n) is 13.8. The minimum atomic E-state index is -0.517. The van der Waals surface area contributed by atoms with E-state index in [1.165, 1.54) is 16.8 Å². The van der Waals surface area contributed by atoms with Crippen molar-refractivity contribution in [2.75, 3.05) is 11.9 Å². The van der Waals surface area contributed by atoms with E-state index in [1.54, 1.807) is 24.3 Å². The van der Waals surface area contributed by atoms with Crippen LogP contribution in [0.15, 0.2) is 41.2 Å². The number of benzene rings is 1. The van der Waals surface area contributed by atoms with Crippen LogP contribution in [0.3, 0.4) is 0 Å². The lowest BCUT2D eigenvalue weighted by Crippen LogP contribution is -2.35. The molecule has 0 fully saturated rings. The summed E-state index contributed by atoms with van der Waals surface area (Å²) >= 11 is 5.77. The predicted octanol–water partition coefficient (Wildman–Crippen LogP) is 2.07. The summed E-state index contributed by atoms with van der Waals surface area (Å²) < 4.78 is 1.26. The number of hydrogen-bond donors (Lipinski definition) is 2. The Hall–Kier alpha value is -2.67. The third kappa shape index (κ3) is 5.72. The van der Waals surface area contributed by atoms with E-state index in [9.17, 15) is 14.4 Å².